The first-order valence-corrected chi connectivity index (χ1v) is 8.83. The van der Waals surface area contributed by atoms with Gasteiger partial charge in [0.25, 0.3) is 0 Å². The van der Waals surface area contributed by atoms with E-state index in [4.69, 9.17) is 10.5 Å². The molecule has 0 spiro atoms. The standard InChI is InChI=1S/2C7H11NS/c2*1-7(6-8)2-4-9-5-3-7/h2*2-5H2,1H3. The molecule has 0 radical (unpaired) electrons. The number of hydrogen-bond acceptors (Lipinski definition) is 4. The van der Waals surface area contributed by atoms with Crippen molar-refractivity contribution in [3.63, 3.8) is 0 Å². The third-order valence-electron chi connectivity index (χ3n) is 3.73. The number of nitrogens with zero attached hydrogens (tertiary/aromatic N) is 2. The van der Waals surface area contributed by atoms with E-state index in [0.29, 0.717) is 0 Å². The molecule has 0 saturated carbocycles. The molecule has 0 atom stereocenters. The summed E-state index contributed by atoms with van der Waals surface area (Å²) in [5.41, 5.74) is 0.0104. The van der Waals surface area contributed by atoms with Crippen LogP contribution in [0.5, 0.6) is 0 Å². The highest BCUT2D eigenvalue weighted by Crippen LogP contribution is 2.33. The molecule has 0 bridgehead atoms. The van der Waals surface area contributed by atoms with Crippen LogP contribution in [-0.4, -0.2) is 23.0 Å². The lowest BCUT2D eigenvalue weighted by Crippen LogP contribution is -2.19. The maximum atomic E-state index is 8.69. The highest BCUT2D eigenvalue weighted by molar-refractivity contribution is 7.99. The molecule has 0 aliphatic carbocycles. The molecule has 2 aliphatic heterocycles. The Labute approximate surface area is 120 Å². The van der Waals surface area contributed by atoms with Gasteiger partial charge in [-0.1, -0.05) is 0 Å². The summed E-state index contributed by atoms with van der Waals surface area (Å²) in [6.45, 7) is 4.12. The Hall–Kier alpha value is -0.320. The molecule has 0 aromatic rings. The largest absolute Gasteiger partial charge is 0.198 e. The van der Waals surface area contributed by atoms with Gasteiger partial charge in [0.2, 0.25) is 0 Å². The van der Waals surface area contributed by atoms with Gasteiger partial charge in [-0.2, -0.15) is 34.0 Å². The van der Waals surface area contributed by atoms with E-state index in [1.165, 1.54) is 23.0 Å². The van der Waals surface area contributed by atoms with E-state index in [1.807, 2.05) is 23.5 Å². The summed E-state index contributed by atoms with van der Waals surface area (Å²) in [5.74, 6) is 4.68. The fourth-order valence-electron chi connectivity index (χ4n) is 1.87. The van der Waals surface area contributed by atoms with Crippen molar-refractivity contribution in [2.75, 3.05) is 23.0 Å². The normalized spacial score (nSPS) is 24.9. The van der Waals surface area contributed by atoms with E-state index < -0.39 is 0 Å². The van der Waals surface area contributed by atoms with Crippen LogP contribution >= 0.6 is 23.5 Å². The molecule has 0 aromatic carbocycles. The van der Waals surface area contributed by atoms with Crippen molar-refractivity contribution in [1.82, 2.24) is 0 Å². The molecule has 0 unspecified atom stereocenters. The lowest BCUT2D eigenvalue weighted by molar-refractivity contribution is 0.408. The van der Waals surface area contributed by atoms with Gasteiger partial charge in [-0.15, -0.1) is 0 Å². The maximum Gasteiger partial charge on any atom is 0.0687 e. The van der Waals surface area contributed by atoms with Gasteiger partial charge in [-0.25, -0.2) is 0 Å². The summed E-state index contributed by atoms with van der Waals surface area (Å²) in [6, 6.07) is 4.73. The molecule has 2 fully saturated rings. The molecule has 18 heavy (non-hydrogen) atoms. The van der Waals surface area contributed by atoms with Crippen LogP contribution in [0.25, 0.3) is 0 Å². The number of thioether (sulfide) groups is 2. The van der Waals surface area contributed by atoms with Gasteiger partial charge >= 0.3 is 0 Å². The molecule has 2 nitrogen and oxygen atoms in total. The quantitative estimate of drug-likeness (QED) is 0.671. The molecular formula is C14H22N2S2. The summed E-state index contributed by atoms with van der Waals surface area (Å²) in [7, 11) is 0. The van der Waals surface area contributed by atoms with Crippen LogP contribution < -0.4 is 0 Å². The van der Waals surface area contributed by atoms with Crippen molar-refractivity contribution in [2.24, 2.45) is 10.8 Å². The van der Waals surface area contributed by atoms with Crippen molar-refractivity contribution in [1.29, 1.82) is 10.5 Å². The van der Waals surface area contributed by atoms with Crippen molar-refractivity contribution < 1.29 is 0 Å². The van der Waals surface area contributed by atoms with Gasteiger partial charge in [0.1, 0.15) is 0 Å². The van der Waals surface area contributed by atoms with Crippen LogP contribution in [0.1, 0.15) is 39.5 Å². The topological polar surface area (TPSA) is 47.6 Å². The van der Waals surface area contributed by atoms with Crippen LogP contribution in [-0.2, 0) is 0 Å². The smallest absolute Gasteiger partial charge is 0.0687 e. The predicted octanol–water partition coefficient (Wildman–Crippen LogP) is 4.09. The van der Waals surface area contributed by atoms with E-state index >= 15 is 0 Å². The zero-order valence-corrected chi connectivity index (χ0v) is 13.0. The van der Waals surface area contributed by atoms with E-state index in [0.717, 1.165) is 25.7 Å². The Morgan fingerprint density at radius 1 is 0.722 bits per heavy atom. The second kappa shape index (κ2) is 7.31. The summed E-state index contributed by atoms with van der Waals surface area (Å²) in [4.78, 5) is 0. The minimum Gasteiger partial charge on any atom is -0.198 e. The van der Waals surface area contributed by atoms with Gasteiger partial charge in [-0.05, 0) is 62.5 Å². The molecule has 2 rings (SSSR count). The van der Waals surface area contributed by atoms with Crippen LogP contribution in [0.15, 0.2) is 0 Å². The zero-order valence-electron chi connectivity index (χ0n) is 11.4. The third kappa shape index (κ3) is 5.12. The van der Waals surface area contributed by atoms with Crippen LogP contribution in [0.3, 0.4) is 0 Å². The Morgan fingerprint density at radius 2 is 1.00 bits per heavy atom. The van der Waals surface area contributed by atoms with E-state index in [9.17, 15) is 0 Å². The fraction of sp³-hybridized carbons (Fsp3) is 0.857. The molecule has 2 aliphatic rings. The van der Waals surface area contributed by atoms with E-state index in [2.05, 4.69) is 26.0 Å². The molecule has 100 valence electrons. The van der Waals surface area contributed by atoms with E-state index in [-0.39, 0.29) is 10.8 Å². The van der Waals surface area contributed by atoms with Crippen molar-refractivity contribution in [2.45, 2.75) is 39.5 Å². The second-order valence-electron chi connectivity index (χ2n) is 5.57. The Balaban J connectivity index is 0.000000180. The Kier molecular flexibility index (Phi) is 6.39. The highest BCUT2D eigenvalue weighted by atomic mass is 32.2. The predicted molar refractivity (Wildman–Crippen MR) is 80.6 cm³/mol. The zero-order chi connectivity index (χ0) is 13.5. The molecule has 0 amide bonds. The van der Waals surface area contributed by atoms with Crippen molar-refractivity contribution >= 4 is 23.5 Å². The molecule has 0 N–H and O–H groups in total. The summed E-state index contributed by atoms with van der Waals surface area (Å²) in [5, 5.41) is 17.4. The molecule has 4 heteroatoms. The molecule has 0 aromatic heterocycles. The maximum absolute atomic E-state index is 8.69. The lowest BCUT2D eigenvalue weighted by atomic mass is 9.86. The van der Waals surface area contributed by atoms with Gasteiger partial charge in [0, 0.05) is 0 Å². The fourth-order valence-corrected chi connectivity index (χ4v) is 4.66. The second-order valence-corrected chi connectivity index (χ2v) is 8.02. The van der Waals surface area contributed by atoms with E-state index in [1.54, 1.807) is 0 Å². The number of hydrogen-bond donors (Lipinski definition) is 0. The average Bonchev–Trinajstić information content (AvgIpc) is 2.41. The summed E-state index contributed by atoms with van der Waals surface area (Å²) in [6.07, 6.45) is 4.31. The Bertz CT molecular complexity index is 295. The first-order valence-electron chi connectivity index (χ1n) is 6.52. The van der Waals surface area contributed by atoms with Gasteiger partial charge in [0.15, 0.2) is 0 Å². The van der Waals surface area contributed by atoms with Gasteiger partial charge in [-0.3, -0.25) is 0 Å². The number of nitriles is 2. The highest BCUT2D eigenvalue weighted by Gasteiger charge is 2.26. The van der Waals surface area contributed by atoms with Gasteiger partial charge < -0.3 is 0 Å². The van der Waals surface area contributed by atoms with Crippen LogP contribution in [0.2, 0.25) is 0 Å². The van der Waals surface area contributed by atoms with Crippen molar-refractivity contribution in [3.05, 3.63) is 0 Å². The molecule has 2 saturated heterocycles. The van der Waals surface area contributed by atoms with Crippen LogP contribution in [0, 0.1) is 33.5 Å². The van der Waals surface area contributed by atoms with Gasteiger partial charge in [0.05, 0.1) is 23.0 Å². The minimum absolute atomic E-state index is 0.00521. The SMILES string of the molecule is CC1(C#N)CCSCC1.CC1(C#N)CCSCC1. The monoisotopic (exact) mass is 282 g/mol. The molecular weight excluding hydrogens is 260 g/mol. The summed E-state index contributed by atoms with van der Waals surface area (Å²) >= 11 is 3.92. The molecule has 2 heterocycles. The third-order valence-corrected chi connectivity index (χ3v) is 5.70. The average molecular weight is 282 g/mol. The minimum atomic E-state index is 0.00521. The number of rotatable bonds is 0. The first-order chi connectivity index (χ1) is 8.54. The Morgan fingerprint density at radius 3 is 1.17 bits per heavy atom. The first kappa shape index (κ1) is 15.7. The van der Waals surface area contributed by atoms with Crippen LogP contribution in [0.4, 0.5) is 0 Å². The van der Waals surface area contributed by atoms with Crippen molar-refractivity contribution in [3.8, 4) is 12.1 Å². The summed E-state index contributed by atoms with van der Waals surface area (Å²) < 4.78 is 0. The lowest BCUT2D eigenvalue weighted by Gasteiger charge is -2.25.